The first-order valence-corrected chi connectivity index (χ1v) is 6.07. The zero-order valence-corrected chi connectivity index (χ0v) is 9.99. The van der Waals surface area contributed by atoms with Crippen molar-refractivity contribution in [1.29, 1.82) is 0 Å². The molecule has 0 aliphatic heterocycles. The SMILES string of the molecule is CCCCC(CCC=O)c1ccc(N)cc1. The average Bonchev–Trinajstić information content (AvgIpc) is 2.31. The monoisotopic (exact) mass is 219 g/mol. The minimum Gasteiger partial charge on any atom is -0.399 e. The Balaban J connectivity index is 2.66. The summed E-state index contributed by atoms with van der Waals surface area (Å²) >= 11 is 0. The maximum Gasteiger partial charge on any atom is 0.120 e. The van der Waals surface area contributed by atoms with Crippen LogP contribution >= 0.6 is 0 Å². The van der Waals surface area contributed by atoms with Crippen LogP contribution in [0.2, 0.25) is 0 Å². The van der Waals surface area contributed by atoms with Crippen LogP contribution in [-0.4, -0.2) is 6.29 Å². The molecule has 0 aliphatic rings. The van der Waals surface area contributed by atoms with Crippen LogP contribution in [-0.2, 0) is 4.79 Å². The Morgan fingerprint density at radius 3 is 2.50 bits per heavy atom. The highest BCUT2D eigenvalue weighted by Crippen LogP contribution is 2.27. The number of benzene rings is 1. The highest BCUT2D eigenvalue weighted by molar-refractivity contribution is 5.49. The van der Waals surface area contributed by atoms with E-state index in [1.165, 1.54) is 18.4 Å². The summed E-state index contributed by atoms with van der Waals surface area (Å²) in [6.45, 7) is 2.19. The molecule has 1 aromatic rings. The van der Waals surface area contributed by atoms with Crippen LogP contribution in [0.15, 0.2) is 24.3 Å². The van der Waals surface area contributed by atoms with E-state index < -0.39 is 0 Å². The van der Waals surface area contributed by atoms with Crippen molar-refractivity contribution in [3.63, 3.8) is 0 Å². The molecule has 0 bridgehead atoms. The molecule has 1 unspecified atom stereocenters. The molecule has 88 valence electrons. The lowest BCUT2D eigenvalue weighted by atomic mass is 9.89. The fourth-order valence-corrected chi connectivity index (χ4v) is 1.97. The normalized spacial score (nSPS) is 12.3. The molecular weight excluding hydrogens is 198 g/mol. The first-order chi connectivity index (χ1) is 7.77. The molecule has 0 fully saturated rings. The molecule has 1 aromatic carbocycles. The number of rotatable bonds is 7. The Kier molecular flexibility index (Phi) is 5.62. The number of nitrogens with two attached hydrogens (primary N) is 1. The lowest BCUT2D eigenvalue weighted by Gasteiger charge is -2.16. The summed E-state index contributed by atoms with van der Waals surface area (Å²) in [5.74, 6) is 0.505. The molecule has 2 heteroatoms. The molecule has 1 rings (SSSR count). The van der Waals surface area contributed by atoms with E-state index in [1.807, 2.05) is 12.1 Å². The van der Waals surface area contributed by atoms with Crippen molar-refractivity contribution in [3.8, 4) is 0 Å². The molecule has 0 heterocycles. The van der Waals surface area contributed by atoms with Crippen LogP contribution in [0.1, 0.15) is 50.5 Å². The van der Waals surface area contributed by atoms with Gasteiger partial charge in [0.1, 0.15) is 6.29 Å². The molecule has 2 nitrogen and oxygen atoms in total. The molecule has 2 N–H and O–H groups in total. The largest absolute Gasteiger partial charge is 0.399 e. The van der Waals surface area contributed by atoms with Crippen molar-refractivity contribution in [1.82, 2.24) is 0 Å². The quantitative estimate of drug-likeness (QED) is 0.563. The lowest BCUT2D eigenvalue weighted by molar-refractivity contribution is -0.108. The van der Waals surface area contributed by atoms with Gasteiger partial charge in [-0.25, -0.2) is 0 Å². The van der Waals surface area contributed by atoms with Gasteiger partial charge in [0.25, 0.3) is 0 Å². The number of carbonyl (C=O) groups excluding carboxylic acids is 1. The van der Waals surface area contributed by atoms with Gasteiger partial charge in [0.2, 0.25) is 0 Å². The maximum atomic E-state index is 10.4. The van der Waals surface area contributed by atoms with Crippen LogP contribution < -0.4 is 5.73 Å². The molecule has 0 aliphatic carbocycles. The number of nitrogen functional groups attached to an aromatic ring is 1. The fraction of sp³-hybridized carbons (Fsp3) is 0.500. The third kappa shape index (κ3) is 4.05. The van der Waals surface area contributed by atoms with E-state index >= 15 is 0 Å². The van der Waals surface area contributed by atoms with E-state index in [0.717, 1.165) is 24.8 Å². The topological polar surface area (TPSA) is 43.1 Å². The van der Waals surface area contributed by atoms with E-state index in [4.69, 9.17) is 5.73 Å². The van der Waals surface area contributed by atoms with Gasteiger partial charge in [0.15, 0.2) is 0 Å². The number of anilines is 1. The molecular formula is C14H21NO. The molecule has 0 saturated heterocycles. The maximum absolute atomic E-state index is 10.4. The second-order valence-electron chi connectivity index (χ2n) is 4.25. The van der Waals surface area contributed by atoms with Crippen molar-refractivity contribution in [2.75, 3.05) is 5.73 Å². The molecule has 0 saturated carbocycles. The van der Waals surface area contributed by atoms with E-state index in [0.29, 0.717) is 12.3 Å². The number of hydrogen-bond donors (Lipinski definition) is 1. The zero-order chi connectivity index (χ0) is 11.8. The fourth-order valence-electron chi connectivity index (χ4n) is 1.97. The van der Waals surface area contributed by atoms with Crippen molar-refractivity contribution in [3.05, 3.63) is 29.8 Å². The molecule has 1 atom stereocenters. The van der Waals surface area contributed by atoms with Gasteiger partial charge < -0.3 is 10.5 Å². The molecule has 0 radical (unpaired) electrons. The van der Waals surface area contributed by atoms with E-state index in [1.54, 1.807) is 0 Å². The molecule has 16 heavy (non-hydrogen) atoms. The Morgan fingerprint density at radius 1 is 1.25 bits per heavy atom. The summed E-state index contributed by atoms with van der Waals surface area (Å²) in [7, 11) is 0. The highest BCUT2D eigenvalue weighted by Gasteiger charge is 2.10. The van der Waals surface area contributed by atoms with Crippen molar-refractivity contribution < 1.29 is 4.79 Å². The van der Waals surface area contributed by atoms with Gasteiger partial charge in [-0.2, -0.15) is 0 Å². The third-order valence-electron chi connectivity index (χ3n) is 2.95. The van der Waals surface area contributed by atoms with Gasteiger partial charge in [-0.1, -0.05) is 31.9 Å². The first-order valence-electron chi connectivity index (χ1n) is 6.07. The van der Waals surface area contributed by atoms with Crippen molar-refractivity contribution in [2.45, 2.75) is 44.9 Å². The summed E-state index contributed by atoms with van der Waals surface area (Å²) in [6.07, 6.45) is 6.19. The van der Waals surface area contributed by atoms with Crippen LogP contribution in [0.5, 0.6) is 0 Å². The number of unbranched alkanes of at least 4 members (excludes halogenated alkanes) is 1. The van der Waals surface area contributed by atoms with E-state index in [-0.39, 0.29) is 0 Å². The minimum atomic E-state index is 0.505. The summed E-state index contributed by atoms with van der Waals surface area (Å²) in [4.78, 5) is 10.4. The molecule has 0 amide bonds. The van der Waals surface area contributed by atoms with Crippen molar-refractivity contribution in [2.24, 2.45) is 0 Å². The summed E-state index contributed by atoms with van der Waals surface area (Å²) < 4.78 is 0. The first kappa shape index (κ1) is 12.8. The number of aldehydes is 1. The third-order valence-corrected chi connectivity index (χ3v) is 2.95. The molecule has 0 aromatic heterocycles. The average molecular weight is 219 g/mol. The van der Waals surface area contributed by atoms with Gasteiger partial charge in [0.05, 0.1) is 0 Å². The van der Waals surface area contributed by atoms with Crippen LogP contribution in [0.3, 0.4) is 0 Å². The van der Waals surface area contributed by atoms with Crippen LogP contribution in [0, 0.1) is 0 Å². The summed E-state index contributed by atoms with van der Waals surface area (Å²) in [6, 6.07) is 8.05. The van der Waals surface area contributed by atoms with E-state index in [2.05, 4.69) is 19.1 Å². The Morgan fingerprint density at radius 2 is 1.94 bits per heavy atom. The van der Waals surface area contributed by atoms with E-state index in [9.17, 15) is 4.79 Å². The van der Waals surface area contributed by atoms with Gasteiger partial charge in [-0.3, -0.25) is 0 Å². The second-order valence-corrected chi connectivity index (χ2v) is 4.25. The van der Waals surface area contributed by atoms with Gasteiger partial charge in [-0.15, -0.1) is 0 Å². The lowest BCUT2D eigenvalue weighted by Crippen LogP contribution is -2.00. The Labute approximate surface area is 97.9 Å². The van der Waals surface area contributed by atoms with Gasteiger partial charge in [0, 0.05) is 12.1 Å². The Bertz CT molecular complexity index is 305. The Hall–Kier alpha value is -1.31. The van der Waals surface area contributed by atoms with Crippen LogP contribution in [0.25, 0.3) is 0 Å². The highest BCUT2D eigenvalue weighted by atomic mass is 16.1. The van der Waals surface area contributed by atoms with Gasteiger partial charge in [-0.05, 0) is 36.5 Å². The standard InChI is InChI=1S/C14H21NO/c1-2-3-5-12(6-4-11-16)13-7-9-14(15)10-8-13/h7-12H,2-6,15H2,1H3. The predicted molar refractivity (Wildman–Crippen MR) is 68.4 cm³/mol. The smallest absolute Gasteiger partial charge is 0.120 e. The minimum absolute atomic E-state index is 0.505. The summed E-state index contributed by atoms with van der Waals surface area (Å²) in [5, 5.41) is 0. The zero-order valence-electron chi connectivity index (χ0n) is 9.99. The second kappa shape index (κ2) is 7.04. The van der Waals surface area contributed by atoms with Gasteiger partial charge >= 0.3 is 0 Å². The van der Waals surface area contributed by atoms with Crippen molar-refractivity contribution >= 4 is 12.0 Å². The predicted octanol–water partition coefficient (Wildman–Crippen LogP) is 3.52. The van der Waals surface area contributed by atoms with Crippen LogP contribution in [0.4, 0.5) is 5.69 Å². The number of carbonyl (C=O) groups is 1. The molecule has 0 spiro atoms. The number of hydrogen-bond acceptors (Lipinski definition) is 2. The summed E-state index contributed by atoms with van der Waals surface area (Å²) in [5.41, 5.74) is 7.78.